The molecule has 1 heterocycles. The van der Waals surface area contributed by atoms with Gasteiger partial charge in [0.05, 0.1) is 15.0 Å². The number of halogens is 2. The number of para-hydroxylation sites is 1. The molecule has 0 spiro atoms. The Balaban J connectivity index is 1.89. The summed E-state index contributed by atoms with van der Waals surface area (Å²) in [7, 11) is 0. The minimum atomic E-state index is 0.206. The van der Waals surface area contributed by atoms with Gasteiger partial charge in [0.15, 0.2) is 0 Å². The minimum absolute atomic E-state index is 0.206. The molecule has 0 bridgehead atoms. The van der Waals surface area contributed by atoms with E-state index in [4.69, 9.17) is 9.47 Å². The van der Waals surface area contributed by atoms with E-state index in [0.717, 1.165) is 21.1 Å². The Kier molecular flexibility index (Phi) is 4.05. The number of hydrogen-bond acceptors (Lipinski definition) is 2. The summed E-state index contributed by atoms with van der Waals surface area (Å²) in [4.78, 5) is 0. The average molecular weight is 348 g/mol. The zero-order valence-electron chi connectivity index (χ0n) is 8.66. The monoisotopic (exact) mass is 346 g/mol. The van der Waals surface area contributed by atoms with Crippen LogP contribution in [-0.4, -0.2) is 18.8 Å². The van der Waals surface area contributed by atoms with E-state index >= 15 is 0 Å². The SMILES string of the molecule is C=CCC1OC1COc1c(Br)cccc1Br. The summed E-state index contributed by atoms with van der Waals surface area (Å²) in [5.74, 6) is 0.829. The molecule has 0 aliphatic carbocycles. The first kappa shape index (κ1) is 12.1. The molecule has 0 amide bonds. The van der Waals surface area contributed by atoms with Crippen molar-refractivity contribution in [1.82, 2.24) is 0 Å². The number of epoxide rings is 1. The predicted molar refractivity (Wildman–Crippen MR) is 70.8 cm³/mol. The fourth-order valence-electron chi connectivity index (χ4n) is 1.48. The highest BCUT2D eigenvalue weighted by Crippen LogP contribution is 2.34. The maximum Gasteiger partial charge on any atom is 0.147 e. The summed E-state index contributed by atoms with van der Waals surface area (Å²) in [6.07, 6.45) is 3.26. The van der Waals surface area contributed by atoms with E-state index in [2.05, 4.69) is 38.4 Å². The second-order valence-corrected chi connectivity index (χ2v) is 5.31. The van der Waals surface area contributed by atoms with Crippen LogP contribution < -0.4 is 4.74 Å². The molecular weight excluding hydrogens is 336 g/mol. The largest absolute Gasteiger partial charge is 0.488 e. The normalized spacial score (nSPS) is 22.9. The zero-order chi connectivity index (χ0) is 11.5. The summed E-state index contributed by atoms with van der Waals surface area (Å²) in [5.41, 5.74) is 0. The van der Waals surface area contributed by atoms with Crippen LogP contribution in [0.4, 0.5) is 0 Å². The molecule has 2 rings (SSSR count). The first-order valence-electron chi connectivity index (χ1n) is 5.05. The van der Waals surface area contributed by atoms with Crippen molar-refractivity contribution in [1.29, 1.82) is 0 Å². The molecule has 1 aromatic rings. The van der Waals surface area contributed by atoms with Crippen LogP contribution in [0.2, 0.25) is 0 Å². The minimum Gasteiger partial charge on any atom is -0.488 e. The van der Waals surface area contributed by atoms with E-state index in [9.17, 15) is 0 Å². The van der Waals surface area contributed by atoms with Gasteiger partial charge in [-0.25, -0.2) is 0 Å². The Morgan fingerprint density at radius 3 is 2.62 bits per heavy atom. The lowest BCUT2D eigenvalue weighted by Gasteiger charge is -2.08. The van der Waals surface area contributed by atoms with Gasteiger partial charge in [0, 0.05) is 0 Å². The molecule has 0 saturated carbocycles. The molecule has 0 radical (unpaired) electrons. The molecule has 0 N–H and O–H groups in total. The molecule has 1 fully saturated rings. The van der Waals surface area contributed by atoms with Crippen LogP contribution in [0.1, 0.15) is 6.42 Å². The maximum absolute atomic E-state index is 5.72. The Morgan fingerprint density at radius 1 is 1.31 bits per heavy atom. The van der Waals surface area contributed by atoms with Crippen molar-refractivity contribution in [2.75, 3.05) is 6.61 Å². The smallest absolute Gasteiger partial charge is 0.147 e. The van der Waals surface area contributed by atoms with E-state index in [0.29, 0.717) is 12.7 Å². The maximum atomic E-state index is 5.72. The van der Waals surface area contributed by atoms with E-state index in [1.165, 1.54) is 0 Å². The fraction of sp³-hybridized carbons (Fsp3) is 0.333. The number of benzene rings is 1. The molecule has 1 aliphatic heterocycles. The van der Waals surface area contributed by atoms with Gasteiger partial charge in [-0.2, -0.15) is 0 Å². The molecule has 1 saturated heterocycles. The van der Waals surface area contributed by atoms with Crippen LogP contribution in [0.3, 0.4) is 0 Å². The second kappa shape index (κ2) is 5.34. The highest BCUT2D eigenvalue weighted by atomic mass is 79.9. The lowest BCUT2D eigenvalue weighted by molar-refractivity contribution is 0.258. The standard InChI is InChI=1S/C12H12Br2O2/c1-2-4-10-11(16-10)7-15-12-8(13)5-3-6-9(12)14/h2-3,5-6,10-11H,1,4,7H2. The third-order valence-electron chi connectivity index (χ3n) is 2.40. The number of ether oxygens (including phenoxy) is 2. The molecule has 1 aliphatic rings. The van der Waals surface area contributed by atoms with Crippen molar-refractivity contribution in [2.24, 2.45) is 0 Å². The van der Waals surface area contributed by atoms with Gasteiger partial charge in [-0.1, -0.05) is 12.1 Å². The summed E-state index contributed by atoms with van der Waals surface area (Å²) < 4.78 is 13.0. The molecule has 1 aromatic carbocycles. The Labute approximate surface area is 112 Å². The molecule has 2 nitrogen and oxygen atoms in total. The molecular formula is C12H12Br2O2. The van der Waals surface area contributed by atoms with Gasteiger partial charge in [0.2, 0.25) is 0 Å². The number of hydrogen-bond donors (Lipinski definition) is 0. The van der Waals surface area contributed by atoms with Gasteiger partial charge in [0.25, 0.3) is 0 Å². The van der Waals surface area contributed by atoms with Crippen molar-refractivity contribution in [3.8, 4) is 5.75 Å². The van der Waals surface area contributed by atoms with Gasteiger partial charge in [-0.15, -0.1) is 6.58 Å². The third kappa shape index (κ3) is 2.87. The summed E-state index contributed by atoms with van der Waals surface area (Å²) in [6, 6.07) is 5.86. The van der Waals surface area contributed by atoms with Gasteiger partial charge < -0.3 is 9.47 Å². The van der Waals surface area contributed by atoms with Crippen molar-refractivity contribution < 1.29 is 9.47 Å². The van der Waals surface area contributed by atoms with Crippen molar-refractivity contribution in [3.63, 3.8) is 0 Å². The molecule has 16 heavy (non-hydrogen) atoms. The summed E-state index contributed by atoms with van der Waals surface area (Å²) in [5, 5.41) is 0. The Bertz CT molecular complexity index is 372. The van der Waals surface area contributed by atoms with Crippen LogP contribution >= 0.6 is 31.9 Å². The van der Waals surface area contributed by atoms with E-state index in [-0.39, 0.29) is 6.10 Å². The highest BCUT2D eigenvalue weighted by Gasteiger charge is 2.38. The first-order chi connectivity index (χ1) is 7.72. The van der Waals surface area contributed by atoms with E-state index < -0.39 is 0 Å². The average Bonchev–Trinajstić information content (AvgIpc) is 2.97. The topological polar surface area (TPSA) is 21.8 Å². The van der Waals surface area contributed by atoms with Gasteiger partial charge in [0.1, 0.15) is 18.5 Å². The van der Waals surface area contributed by atoms with Crippen molar-refractivity contribution in [2.45, 2.75) is 18.6 Å². The predicted octanol–water partition coefficient (Wildman–Crippen LogP) is 3.93. The van der Waals surface area contributed by atoms with Crippen LogP contribution in [0.25, 0.3) is 0 Å². The lowest BCUT2D eigenvalue weighted by Crippen LogP contribution is -2.07. The molecule has 2 unspecified atom stereocenters. The first-order valence-corrected chi connectivity index (χ1v) is 6.64. The van der Waals surface area contributed by atoms with E-state index in [1.807, 2.05) is 24.3 Å². The Hall–Kier alpha value is -0.320. The van der Waals surface area contributed by atoms with Crippen LogP contribution in [-0.2, 0) is 4.74 Å². The van der Waals surface area contributed by atoms with Crippen molar-refractivity contribution >= 4 is 31.9 Å². The van der Waals surface area contributed by atoms with Gasteiger partial charge in [-0.3, -0.25) is 0 Å². The number of rotatable bonds is 5. The van der Waals surface area contributed by atoms with Crippen LogP contribution in [0.5, 0.6) is 5.75 Å². The third-order valence-corrected chi connectivity index (χ3v) is 3.65. The van der Waals surface area contributed by atoms with Crippen LogP contribution in [0.15, 0.2) is 39.8 Å². The summed E-state index contributed by atoms with van der Waals surface area (Å²) in [6.45, 7) is 4.27. The second-order valence-electron chi connectivity index (χ2n) is 3.60. The van der Waals surface area contributed by atoms with Gasteiger partial charge >= 0.3 is 0 Å². The zero-order valence-corrected chi connectivity index (χ0v) is 11.8. The van der Waals surface area contributed by atoms with Crippen LogP contribution in [0, 0.1) is 0 Å². The highest BCUT2D eigenvalue weighted by molar-refractivity contribution is 9.11. The Morgan fingerprint density at radius 2 is 2.00 bits per heavy atom. The molecule has 4 heteroatoms. The lowest BCUT2D eigenvalue weighted by atomic mass is 10.2. The summed E-state index contributed by atoms with van der Waals surface area (Å²) >= 11 is 6.90. The molecule has 86 valence electrons. The fourth-order valence-corrected chi connectivity index (χ4v) is 2.71. The van der Waals surface area contributed by atoms with Gasteiger partial charge in [-0.05, 0) is 50.4 Å². The van der Waals surface area contributed by atoms with E-state index in [1.54, 1.807) is 0 Å². The van der Waals surface area contributed by atoms with Crippen molar-refractivity contribution in [3.05, 3.63) is 39.8 Å². The molecule has 0 aromatic heterocycles. The molecule has 2 atom stereocenters. The quantitative estimate of drug-likeness (QED) is 0.594.